The molecule has 1 amide bonds. The Morgan fingerprint density at radius 3 is 2.07 bits per heavy atom. The van der Waals surface area contributed by atoms with Gasteiger partial charge in [-0.25, -0.2) is 4.79 Å². The van der Waals surface area contributed by atoms with E-state index >= 15 is 0 Å². The monoisotopic (exact) mass is 379 g/mol. The quantitative estimate of drug-likeness (QED) is 0.805. The van der Waals surface area contributed by atoms with Gasteiger partial charge in [0.05, 0.1) is 12.0 Å². The average Bonchev–Trinajstić information content (AvgIpc) is 2.56. The normalized spacial score (nSPS) is 12.5. The summed E-state index contributed by atoms with van der Waals surface area (Å²) in [5, 5.41) is 11.9. The molecular formula is C20H20F3NO3. The van der Waals surface area contributed by atoms with Gasteiger partial charge in [-0.2, -0.15) is 13.2 Å². The fraction of sp³-hybridized carbons (Fsp3) is 0.300. The molecule has 0 radical (unpaired) electrons. The van der Waals surface area contributed by atoms with Gasteiger partial charge in [0.1, 0.15) is 6.04 Å². The molecule has 2 N–H and O–H groups in total. The van der Waals surface area contributed by atoms with E-state index in [0.717, 1.165) is 28.8 Å². The summed E-state index contributed by atoms with van der Waals surface area (Å²) in [4.78, 5) is 23.7. The number of aryl methyl sites for hydroxylation is 2. The number of alkyl halides is 3. The molecule has 1 atom stereocenters. The number of carbonyl (C=O) groups excluding carboxylic acids is 1. The van der Waals surface area contributed by atoms with Crippen molar-refractivity contribution in [2.24, 2.45) is 0 Å². The Bertz CT molecular complexity index is 809. The smallest absolute Gasteiger partial charge is 0.416 e. The molecule has 0 saturated carbocycles. The molecule has 4 nitrogen and oxygen atoms in total. The van der Waals surface area contributed by atoms with Crippen LogP contribution < -0.4 is 5.32 Å². The van der Waals surface area contributed by atoms with E-state index in [9.17, 15) is 27.9 Å². The molecule has 0 spiro atoms. The third-order valence-electron chi connectivity index (χ3n) is 4.33. The van der Waals surface area contributed by atoms with Gasteiger partial charge in [-0.15, -0.1) is 0 Å². The first-order valence-corrected chi connectivity index (χ1v) is 8.31. The molecule has 0 aromatic heterocycles. The van der Waals surface area contributed by atoms with Crippen LogP contribution in [0.1, 0.15) is 27.8 Å². The van der Waals surface area contributed by atoms with E-state index in [1.165, 1.54) is 12.1 Å². The molecule has 0 aliphatic heterocycles. The van der Waals surface area contributed by atoms with Crippen LogP contribution >= 0.6 is 0 Å². The molecule has 0 unspecified atom stereocenters. The van der Waals surface area contributed by atoms with E-state index in [4.69, 9.17) is 0 Å². The molecule has 0 aliphatic rings. The number of rotatable bonds is 6. The maximum Gasteiger partial charge on any atom is 0.416 e. The zero-order chi connectivity index (χ0) is 20.2. The van der Waals surface area contributed by atoms with Gasteiger partial charge >= 0.3 is 12.1 Å². The molecule has 27 heavy (non-hydrogen) atoms. The van der Waals surface area contributed by atoms with Crippen molar-refractivity contribution in [1.29, 1.82) is 0 Å². The van der Waals surface area contributed by atoms with Gasteiger partial charge in [0.15, 0.2) is 0 Å². The summed E-state index contributed by atoms with van der Waals surface area (Å²) >= 11 is 0. The molecule has 0 heterocycles. The van der Waals surface area contributed by atoms with Crippen molar-refractivity contribution in [2.75, 3.05) is 0 Å². The maximum absolute atomic E-state index is 12.6. The lowest BCUT2D eigenvalue weighted by atomic mass is 9.96. The lowest BCUT2D eigenvalue weighted by Crippen LogP contribution is -2.43. The summed E-state index contributed by atoms with van der Waals surface area (Å²) in [6, 6.07) is 8.70. The first-order valence-electron chi connectivity index (χ1n) is 8.31. The second-order valence-corrected chi connectivity index (χ2v) is 6.40. The van der Waals surface area contributed by atoms with Gasteiger partial charge in [0, 0.05) is 6.42 Å². The molecule has 7 heteroatoms. The van der Waals surface area contributed by atoms with E-state index in [-0.39, 0.29) is 12.8 Å². The number of hydrogen-bond acceptors (Lipinski definition) is 2. The predicted octanol–water partition coefficient (Wildman–Crippen LogP) is 3.68. The Labute approximate surface area is 155 Å². The minimum absolute atomic E-state index is 0.132. The number of carboxylic acids is 1. The second kappa shape index (κ2) is 8.24. The molecule has 2 rings (SSSR count). The average molecular weight is 379 g/mol. The zero-order valence-corrected chi connectivity index (χ0v) is 14.9. The number of halogens is 3. The van der Waals surface area contributed by atoms with Crippen molar-refractivity contribution in [3.05, 3.63) is 70.3 Å². The number of carbonyl (C=O) groups is 2. The molecule has 2 aromatic carbocycles. The molecule has 0 saturated heterocycles. The topological polar surface area (TPSA) is 66.4 Å². The Morgan fingerprint density at radius 1 is 1.04 bits per heavy atom. The summed E-state index contributed by atoms with van der Waals surface area (Å²) < 4.78 is 37.7. The van der Waals surface area contributed by atoms with Crippen LogP contribution in [0.2, 0.25) is 0 Å². The van der Waals surface area contributed by atoms with E-state index < -0.39 is 29.7 Å². The number of amides is 1. The lowest BCUT2D eigenvalue weighted by molar-refractivity contribution is -0.141. The molecule has 144 valence electrons. The standard InChI is InChI=1S/C20H20F3NO3/c1-12-4-3-5-13(2)16(12)11-17(19(26)27)24-18(25)10-14-6-8-15(9-7-14)20(21,22)23/h3-9,17H,10-11H2,1-2H3,(H,24,25)(H,26,27)/t17-/m1/s1. The van der Waals surface area contributed by atoms with Crippen LogP contribution in [0.3, 0.4) is 0 Å². The van der Waals surface area contributed by atoms with E-state index in [1.807, 2.05) is 32.0 Å². The van der Waals surface area contributed by atoms with Crippen LogP contribution in [0.5, 0.6) is 0 Å². The number of benzene rings is 2. The van der Waals surface area contributed by atoms with E-state index in [2.05, 4.69) is 5.32 Å². The van der Waals surface area contributed by atoms with Gasteiger partial charge in [-0.05, 0) is 48.2 Å². The highest BCUT2D eigenvalue weighted by molar-refractivity contribution is 5.85. The summed E-state index contributed by atoms with van der Waals surface area (Å²) in [6.07, 6.45) is -4.51. The highest BCUT2D eigenvalue weighted by Crippen LogP contribution is 2.29. The van der Waals surface area contributed by atoms with E-state index in [0.29, 0.717) is 5.56 Å². The first kappa shape index (κ1) is 20.5. The Hall–Kier alpha value is -2.83. The molecule has 2 aromatic rings. The maximum atomic E-state index is 12.6. The number of aliphatic carboxylic acids is 1. The highest BCUT2D eigenvalue weighted by Gasteiger charge is 2.30. The molecule has 0 fully saturated rings. The van der Waals surface area contributed by atoms with Gasteiger partial charge in [-0.1, -0.05) is 30.3 Å². The van der Waals surface area contributed by atoms with Crippen molar-refractivity contribution < 1.29 is 27.9 Å². The fourth-order valence-corrected chi connectivity index (χ4v) is 2.82. The Kier molecular flexibility index (Phi) is 6.25. The van der Waals surface area contributed by atoms with Crippen molar-refractivity contribution >= 4 is 11.9 Å². The largest absolute Gasteiger partial charge is 0.480 e. The van der Waals surface area contributed by atoms with Crippen molar-refractivity contribution in [3.63, 3.8) is 0 Å². The Balaban J connectivity index is 2.06. The summed E-state index contributed by atoms with van der Waals surface area (Å²) in [6.45, 7) is 3.73. The van der Waals surface area contributed by atoms with Gasteiger partial charge in [-0.3, -0.25) is 4.79 Å². The van der Waals surface area contributed by atoms with Crippen molar-refractivity contribution in [2.45, 2.75) is 38.9 Å². The second-order valence-electron chi connectivity index (χ2n) is 6.40. The van der Waals surface area contributed by atoms with Crippen molar-refractivity contribution in [3.8, 4) is 0 Å². The molecular weight excluding hydrogens is 359 g/mol. The zero-order valence-electron chi connectivity index (χ0n) is 14.9. The summed E-state index contributed by atoms with van der Waals surface area (Å²) in [5.74, 6) is -1.73. The van der Waals surface area contributed by atoms with Crippen LogP contribution in [0.25, 0.3) is 0 Å². The van der Waals surface area contributed by atoms with Gasteiger partial charge < -0.3 is 10.4 Å². The lowest BCUT2D eigenvalue weighted by Gasteiger charge is -2.17. The van der Waals surface area contributed by atoms with Crippen LogP contribution in [0.15, 0.2) is 42.5 Å². The van der Waals surface area contributed by atoms with Crippen molar-refractivity contribution in [1.82, 2.24) is 5.32 Å². The molecule has 0 bridgehead atoms. The first-order chi connectivity index (χ1) is 12.6. The minimum atomic E-state index is -4.44. The predicted molar refractivity (Wildman–Crippen MR) is 94.3 cm³/mol. The van der Waals surface area contributed by atoms with Gasteiger partial charge in [0.2, 0.25) is 5.91 Å². The highest BCUT2D eigenvalue weighted by atomic mass is 19.4. The minimum Gasteiger partial charge on any atom is -0.480 e. The number of hydrogen-bond donors (Lipinski definition) is 2. The van der Waals surface area contributed by atoms with Crippen LogP contribution in [-0.2, 0) is 28.6 Å². The van der Waals surface area contributed by atoms with Crippen LogP contribution in [0, 0.1) is 13.8 Å². The summed E-state index contributed by atoms with van der Waals surface area (Å²) in [7, 11) is 0. The summed E-state index contributed by atoms with van der Waals surface area (Å²) in [5.41, 5.74) is 2.28. The molecule has 0 aliphatic carbocycles. The number of carboxylic acid groups (broad SMARTS) is 1. The third-order valence-corrected chi connectivity index (χ3v) is 4.33. The SMILES string of the molecule is Cc1cccc(C)c1C[C@@H](NC(=O)Cc1ccc(C(F)(F)F)cc1)C(=O)O. The number of nitrogens with one attached hydrogen (secondary N) is 1. The van der Waals surface area contributed by atoms with Crippen LogP contribution in [-0.4, -0.2) is 23.0 Å². The van der Waals surface area contributed by atoms with E-state index in [1.54, 1.807) is 0 Å². The van der Waals surface area contributed by atoms with Crippen LogP contribution in [0.4, 0.5) is 13.2 Å². The Morgan fingerprint density at radius 2 is 1.59 bits per heavy atom. The third kappa shape index (κ3) is 5.57. The fourth-order valence-electron chi connectivity index (χ4n) is 2.82. The van der Waals surface area contributed by atoms with Gasteiger partial charge in [0.25, 0.3) is 0 Å².